The molecular formula is C18H25N3O3. The molecular weight excluding hydrogens is 306 g/mol. The van der Waals surface area contributed by atoms with Crippen molar-refractivity contribution in [1.29, 1.82) is 0 Å². The Balaban J connectivity index is 1.72. The number of aromatic nitrogens is 2. The summed E-state index contributed by atoms with van der Waals surface area (Å²) in [5, 5.41) is 7.17. The molecule has 2 aromatic rings. The first-order valence-electron chi connectivity index (χ1n) is 8.24. The summed E-state index contributed by atoms with van der Waals surface area (Å²) < 4.78 is 12.6. The lowest BCUT2D eigenvalue weighted by Crippen LogP contribution is -2.17. The minimum Gasteiger partial charge on any atom is -0.497 e. The van der Waals surface area contributed by atoms with Crippen LogP contribution in [0.3, 0.4) is 0 Å². The van der Waals surface area contributed by atoms with E-state index in [2.05, 4.69) is 24.3 Å². The molecule has 2 rings (SSSR count). The molecule has 0 saturated heterocycles. The standard InChI is InChI=1S/C18H25N3O3/c1-4-14(2)21-17(11-12-19-21)20-18(22)6-5-13-24-16-9-7-15(23-3)8-10-16/h7-12,14H,4-6,13H2,1-3H3,(H,20,22). The van der Waals surface area contributed by atoms with Gasteiger partial charge >= 0.3 is 0 Å². The smallest absolute Gasteiger partial charge is 0.225 e. The Morgan fingerprint density at radius 3 is 2.62 bits per heavy atom. The van der Waals surface area contributed by atoms with E-state index >= 15 is 0 Å². The number of hydrogen-bond acceptors (Lipinski definition) is 4. The van der Waals surface area contributed by atoms with E-state index in [1.165, 1.54) is 0 Å². The highest BCUT2D eigenvalue weighted by molar-refractivity contribution is 5.89. The highest BCUT2D eigenvalue weighted by atomic mass is 16.5. The van der Waals surface area contributed by atoms with Crippen molar-refractivity contribution in [2.24, 2.45) is 0 Å². The molecule has 24 heavy (non-hydrogen) atoms. The summed E-state index contributed by atoms with van der Waals surface area (Å²) in [6.45, 7) is 4.66. The van der Waals surface area contributed by atoms with E-state index in [0.29, 0.717) is 19.4 Å². The number of nitrogens with zero attached hydrogens (tertiary/aromatic N) is 2. The van der Waals surface area contributed by atoms with Crippen molar-refractivity contribution < 1.29 is 14.3 Å². The Bertz CT molecular complexity index is 637. The first kappa shape index (κ1) is 17.8. The fourth-order valence-corrected chi connectivity index (χ4v) is 2.24. The highest BCUT2D eigenvalue weighted by Crippen LogP contribution is 2.18. The van der Waals surface area contributed by atoms with Crippen LogP contribution in [0.5, 0.6) is 11.5 Å². The first-order valence-corrected chi connectivity index (χ1v) is 8.24. The van der Waals surface area contributed by atoms with Crippen LogP contribution in [0.2, 0.25) is 0 Å². The molecule has 0 aliphatic heterocycles. The molecule has 1 heterocycles. The van der Waals surface area contributed by atoms with E-state index < -0.39 is 0 Å². The molecule has 6 nitrogen and oxygen atoms in total. The summed E-state index contributed by atoms with van der Waals surface area (Å²) in [6.07, 6.45) is 3.71. The van der Waals surface area contributed by atoms with E-state index in [-0.39, 0.29) is 11.9 Å². The molecule has 0 aliphatic carbocycles. The second kappa shape index (κ2) is 8.96. The van der Waals surface area contributed by atoms with Crippen LogP contribution in [0.4, 0.5) is 5.82 Å². The van der Waals surface area contributed by atoms with Crippen LogP contribution in [0.1, 0.15) is 39.2 Å². The number of carbonyl (C=O) groups is 1. The van der Waals surface area contributed by atoms with E-state index in [0.717, 1.165) is 23.7 Å². The predicted octanol–water partition coefficient (Wildman–Crippen LogP) is 3.66. The third-order valence-corrected chi connectivity index (χ3v) is 3.82. The van der Waals surface area contributed by atoms with Crippen molar-refractivity contribution in [2.45, 2.75) is 39.2 Å². The summed E-state index contributed by atoms with van der Waals surface area (Å²) in [4.78, 5) is 12.0. The average Bonchev–Trinajstić information content (AvgIpc) is 3.06. The number of benzene rings is 1. The monoisotopic (exact) mass is 331 g/mol. The quantitative estimate of drug-likeness (QED) is 0.712. The second-order valence-electron chi connectivity index (χ2n) is 5.59. The largest absolute Gasteiger partial charge is 0.497 e. The predicted molar refractivity (Wildman–Crippen MR) is 93.6 cm³/mol. The van der Waals surface area contributed by atoms with Crippen LogP contribution in [0.25, 0.3) is 0 Å². The molecule has 1 amide bonds. The Labute approximate surface area is 142 Å². The molecule has 6 heteroatoms. The van der Waals surface area contributed by atoms with Gasteiger partial charge in [0.15, 0.2) is 0 Å². The van der Waals surface area contributed by atoms with Gasteiger partial charge in [-0.25, -0.2) is 4.68 Å². The molecule has 0 bridgehead atoms. The molecule has 0 radical (unpaired) electrons. The third-order valence-electron chi connectivity index (χ3n) is 3.82. The summed E-state index contributed by atoms with van der Waals surface area (Å²) in [5.74, 6) is 2.27. The molecule has 1 N–H and O–H groups in total. The van der Waals surface area contributed by atoms with Gasteiger partial charge in [0.1, 0.15) is 17.3 Å². The van der Waals surface area contributed by atoms with Crippen molar-refractivity contribution in [3.05, 3.63) is 36.5 Å². The lowest BCUT2D eigenvalue weighted by molar-refractivity contribution is -0.116. The van der Waals surface area contributed by atoms with Crippen LogP contribution in [-0.4, -0.2) is 29.4 Å². The Morgan fingerprint density at radius 1 is 1.25 bits per heavy atom. The number of methoxy groups -OCH3 is 1. The van der Waals surface area contributed by atoms with E-state index in [1.54, 1.807) is 13.3 Å². The Hall–Kier alpha value is -2.50. The van der Waals surface area contributed by atoms with Gasteiger partial charge in [0, 0.05) is 12.5 Å². The van der Waals surface area contributed by atoms with Crippen LogP contribution >= 0.6 is 0 Å². The van der Waals surface area contributed by atoms with Crippen molar-refractivity contribution in [1.82, 2.24) is 9.78 Å². The lowest BCUT2D eigenvalue weighted by Gasteiger charge is -2.14. The molecule has 0 saturated carbocycles. The number of carbonyl (C=O) groups excluding carboxylic acids is 1. The molecule has 1 aromatic heterocycles. The molecule has 0 aliphatic rings. The van der Waals surface area contributed by atoms with E-state index in [9.17, 15) is 4.79 Å². The summed E-state index contributed by atoms with van der Waals surface area (Å²) in [7, 11) is 1.63. The molecule has 1 unspecified atom stereocenters. The fourth-order valence-electron chi connectivity index (χ4n) is 2.24. The second-order valence-corrected chi connectivity index (χ2v) is 5.59. The SMILES string of the molecule is CCC(C)n1nccc1NC(=O)CCCOc1ccc(OC)cc1. The number of ether oxygens (including phenoxy) is 2. The zero-order valence-electron chi connectivity index (χ0n) is 14.5. The topological polar surface area (TPSA) is 65.4 Å². The van der Waals surface area contributed by atoms with Gasteiger partial charge in [-0.3, -0.25) is 4.79 Å². The fraction of sp³-hybridized carbons (Fsp3) is 0.444. The van der Waals surface area contributed by atoms with Gasteiger partial charge in [-0.1, -0.05) is 6.92 Å². The molecule has 0 spiro atoms. The zero-order valence-corrected chi connectivity index (χ0v) is 14.5. The number of hydrogen-bond donors (Lipinski definition) is 1. The van der Waals surface area contributed by atoms with Gasteiger partial charge in [0.2, 0.25) is 5.91 Å². The van der Waals surface area contributed by atoms with Gasteiger partial charge in [0.25, 0.3) is 0 Å². The van der Waals surface area contributed by atoms with E-state index in [4.69, 9.17) is 9.47 Å². The third kappa shape index (κ3) is 5.01. The maximum atomic E-state index is 12.0. The maximum absolute atomic E-state index is 12.0. The van der Waals surface area contributed by atoms with Crippen molar-refractivity contribution in [3.8, 4) is 11.5 Å². The molecule has 1 atom stereocenters. The molecule has 0 fully saturated rings. The van der Waals surface area contributed by atoms with Crippen LogP contribution in [0, 0.1) is 0 Å². The normalized spacial score (nSPS) is 11.8. The minimum absolute atomic E-state index is 0.0293. The number of amides is 1. The van der Waals surface area contributed by atoms with Gasteiger partial charge in [-0.05, 0) is 44.0 Å². The number of nitrogens with one attached hydrogen (secondary N) is 1. The zero-order chi connectivity index (χ0) is 17.4. The van der Waals surface area contributed by atoms with Gasteiger partial charge < -0.3 is 14.8 Å². The Kier molecular flexibility index (Phi) is 6.66. The molecule has 1 aromatic carbocycles. The number of rotatable bonds is 9. The van der Waals surface area contributed by atoms with Gasteiger partial charge in [0.05, 0.1) is 26.0 Å². The van der Waals surface area contributed by atoms with E-state index in [1.807, 2.05) is 35.0 Å². The number of anilines is 1. The van der Waals surface area contributed by atoms with Gasteiger partial charge in [-0.2, -0.15) is 5.10 Å². The molecule has 130 valence electrons. The Morgan fingerprint density at radius 2 is 1.96 bits per heavy atom. The van der Waals surface area contributed by atoms with Crippen molar-refractivity contribution in [3.63, 3.8) is 0 Å². The summed E-state index contributed by atoms with van der Waals surface area (Å²) >= 11 is 0. The summed E-state index contributed by atoms with van der Waals surface area (Å²) in [5.41, 5.74) is 0. The van der Waals surface area contributed by atoms with Gasteiger partial charge in [-0.15, -0.1) is 0 Å². The lowest BCUT2D eigenvalue weighted by atomic mass is 10.2. The maximum Gasteiger partial charge on any atom is 0.225 e. The summed E-state index contributed by atoms with van der Waals surface area (Å²) in [6, 6.07) is 9.47. The van der Waals surface area contributed by atoms with Crippen molar-refractivity contribution in [2.75, 3.05) is 19.0 Å². The van der Waals surface area contributed by atoms with Crippen molar-refractivity contribution >= 4 is 11.7 Å². The highest BCUT2D eigenvalue weighted by Gasteiger charge is 2.11. The van der Waals surface area contributed by atoms with Crippen LogP contribution in [-0.2, 0) is 4.79 Å². The first-order chi connectivity index (χ1) is 11.6. The van der Waals surface area contributed by atoms with Crippen LogP contribution < -0.4 is 14.8 Å². The van der Waals surface area contributed by atoms with Crippen LogP contribution in [0.15, 0.2) is 36.5 Å². The average molecular weight is 331 g/mol. The minimum atomic E-state index is -0.0293.